The second-order valence-electron chi connectivity index (χ2n) is 6.08. The van der Waals surface area contributed by atoms with Gasteiger partial charge in [0.25, 0.3) is 0 Å². The van der Waals surface area contributed by atoms with E-state index >= 15 is 0 Å². The van der Waals surface area contributed by atoms with Crippen LogP contribution >= 0.6 is 11.3 Å². The van der Waals surface area contributed by atoms with Crippen LogP contribution < -0.4 is 10.2 Å². The first kappa shape index (κ1) is 15.8. The zero-order valence-electron chi connectivity index (χ0n) is 14.2. The molecule has 1 N–H and O–H groups in total. The highest BCUT2D eigenvalue weighted by atomic mass is 32.1. The van der Waals surface area contributed by atoms with E-state index in [-0.39, 0.29) is 12.1 Å². The van der Waals surface area contributed by atoms with Crippen molar-refractivity contribution < 1.29 is 4.79 Å². The van der Waals surface area contributed by atoms with Crippen molar-refractivity contribution in [1.82, 2.24) is 29.7 Å². The molecule has 0 atom stereocenters. The van der Waals surface area contributed by atoms with Crippen LogP contribution in [0.1, 0.15) is 10.7 Å². The van der Waals surface area contributed by atoms with Gasteiger partial charge in [0.1, 0.15) is 5.82 Å². The number of aromatic nitrogens is 5. The molecule has 1 fully saturated rings. The van der Waals surface area contributed by atoms with Crippen molar-refractivity contribution in [2.45, 2.75) is 19.9 Å². The number of hydrogen-bond donors (Lipinski definition) is 1. The number of aryl methyl sites for hydroxylation is 2. The molecule has 0 bridgehead atoms. The fourth-order valence-corrected chi connectivity index (χ4v) is 3.35. The summed E-state index contributed by atoms with van der Waals surface area (Å²) >= 11 is 1.47. The molecule has 130 valence electrons. The monoisotopic (exact) mass is 358 g/mol. The van der Waals surface area contributed by atoms with E-state index in [0.29, 0.717) is 5.13 Å². The summed E-state index contributed by atoms with van der Waals surface area (Å²) < 4.78 is 1.73. The maximum Gasteiger partial charge on any atom is 0.323 e. The Balaban J connectivity index is 1.38. The van der Waals surface area contributed by atoms with E-state index in [2.05, 4.69) is 30.5 Å². The lowest BCUT2D eigenvalue weighted by molar-refractivity contribution is 0.191. The molecule has 1 saturated heterocycles. The first-order valence-corrected chi connectivity index (χ1v) is 8.73. The van der Waals surface area contributed by atoms with Gasteiger partial charge in [-0.15, -0.1) is 26.6 Å². The zero-order valence-corrected chi connectivity index (χ0v) is 15.0. The predicted molar refractivity (Wildman–Crippen MR) is 95.2 cm³/mol. The SMILES string of the molecule is Cc1cnc(NC(=O)N(C)C2CN(c3ccc4nnc(C)n4n3)C2)s1. The largest absolute Gasteiger partial charge is 0.351 e. The molecule has 0 aromatic carbocycles. The van der Waals surface area contributed by atoms with Gasteiger partial charge in [0.05, 0.1) is 6.04 Å². The number of nitrogens with zero attached hydrogens (tertiary/aromatic N) is 7. The third kappa shape index (κ3) is 2.88. The van der Waals surface area contributed by atoms with E-state index in [1.807, 2.05) is 26.0 Å². The molecule has 0 aliphatic carbocycles. The van der Waals surface area contributed by atoms with Crippen LogP contribution in [0.5, 0.6) is 0 Å². The topological polar surface area (TPSA) is 91.5 Å². The van der Waals surface area contributed by atoms with E-state index in [9.17, 15) is 4.79 Å². The van der Waals surface area contributed by atoms with Crippen molar-refractivity contribution in [1.29, 1.82) is 0 Å². The van der Waals surface area contributed by atoms with Crippen molar-refractivity contribution >= 4 is 34.0 Å². The summed E-state index contributed by atoms with van der Waals surface area (Å²) in [6.07, 6.45) is 1.75. The minimum Gasteiger partial charge on any atom is -0.351 e. The van der Waals surface area contributed by atoms with E-state index < -0.39 is 0 Å². The Morgan fingerprint density at radius 3 is 2.84 bits per heavy atom. The van der Waals surface area contributed by atoms with Crippen LogP contribution in [0.3, 0.4) is 0 Å². The van der Waals surface area contributed by atoms with Crippen molar-refractivity contribution in [3.05, 3.63) is 29.0 Å². The summed E-state index contributed by atoms with van der Waals surface area (Å²) in [6, 6.07) is 3.83. The van der Waals surface area contributed by atoms with Crippen LogP contribution in [0, 0.1) is 13.8 Å². The number of likely N-dealkylation sites (N-methyl/N-ethyl adjacent to an activating group) is 1. The van der Waals surface area contributed by atoms with Crippen LogP contribution in [0.2, 0.25) is 0 Å². The second kappa shape index (κ2) is 5.96. The predicted octanol–water partition coefficient (Wildman–Crippen LogP) is 1.55. The summed E-state index contributed by atoms with van der Waals surface area (Å²) in [4.78, 5) is 21.4. The fourth-order valence-electron chi connectivity index (χ4n) is 2.70. The van der Waals surface area contributed by atoms with Gasteiger partial charge >= 0.3 is 6.03 Å². The van der Waals surface area contributed by atoms with Gasteiger partial charge in [0.15, 0.2) is 16.6 Å². The molecule has 0 unspecified atom stereocenters. The maximum atomic E-state index is 12.3. The molecule has 0 radical (unpaired) electrons. The van der Waals surface area contributed by atoms with Crippen LogP contribution in [0.15, 0.2) is 18.3 Å². The molecule has 9 nitrogen and oxygen atoms in total. The van der Waals surface area contributed by atoms with Gasteiger partial charge in [-0.25, -0.2) is 9.78 Å². The number of hydrogen-bond acceptors (Lipinski definition) is 7. The quantitative estimate of drug-likeness (QED) is 0.764. The summed E-state index contributed by atoms with van der Waals surface area (Å²) in [5.74, 6) is 1.61. The average Bonchev–Trinajstić information content (AvgIpc) is 3.12. The normalized spacial score (nSPS) is 14.6. The molecule has 2 amide bonds. The van der Waals surface area contributed by atoms with E-state index in [4.69, 9.17) is 0 Å². The summed E-state index contributed by atoms with van der Waals surface area (Å²) in [5, 5.41) is 16.1. The molecular formula is C15H18N8OS. The molecule has 4 heterocycles. The van der Waals surface area contributed by atoms with Gasteiger partial charge in [0, 0.05) is 31.2 Å². The van der Waals surface area contributed by atoms with Gasteiger partial charge in [-0.3, -0.25) is 5.32 Å². The van der Waals surface area contributed by atoms with Crippen LogP contribution in [0.25, 0.3) is 5.65 Å². The van der Waals surface area contributed by atoms with Crippen molar-refractivity contribution in [3.8, 4) is 0 Å². The number of anilines is 2. The van der Waals surface area contributed by atoms with Crippen LogP contribution in [0.4, 0.5) is 15.7 Å². The Kier molecular flexibility index (Phi) is 3.75. The third-order valence-corrected chi connectivity index (χ3v) is 5.12. The van der Waals surface area contributed by atoms with Gasteiger partial charge in [-0.05, 0) is 26.0 Å². The summed E-state index contributed by atoms with van der Waals surface area (Å²) in [6.45, 7) is 5.30. The Labute approximate surface area is 148 Å². The summed E-state index contributed by atoms with van der Waals surface area (Å²) in [7, 11) is 1.80. The molecule has 3 aromatic rings. The first-order valence-electron chi connectivity index (χ1n) is 7.91. The molecule has 25 heavy (non-hydrogen) atoms. The first-order chi connectivity index (χ1) is 12.0. The highest BCUT2D eigenvalue weighted by Crippen LogP contribution is 2.23. The van der Waals surface area contributed by atoms with Gasteiger partial charge < -0.3 is 9.80 Å². The minimum atomic E-state index is -0.142. The van der Waals surface area contributed by atoms with Gasteiger partial charge in [-0.2, -0.15) is 4.52 Å². The van der Waals surface area contributed by atoms with Crippen molar-refractivity contribution in [3.63, 3.8) is 0 Å². The molecule has 3 aromatic heterocycles. The van der Waals surface area contributed by atoms with E-state index in [0.717, 1.165) is 35.3 Å². The number of carbonyl (C=O) groups excluding carboxylic acids is 1. The number of urea groups is 1. The van der Waals surface area contributed by atoms with E-state index in [1.54, 1.807) is 22.7 Å². The van der Waals surface area contributed by atoms with Crippen LogP contribution in [-0.4, -0.2) is 61.9 Å². The minimum absolute atomic E-state index is 0.139. The van der Waals surface area contributed by atoms with Gasteiger partial charge in [0.2, 0.25) is 0 Å². The Hall–Kier alpha value is -2.75. The number of amides is 2. The third-order valence-electron chi connectivity index (χ3n) is 4.29. The molecule has 4 rings (SSSR count). The lowest BCUT2D eigenvalue weighted by Gasteiger charge is -2.44. The zero-order chi connectivity index (χ0) is 17.6. The molecule has 1 aliphatic heterocycles. The maximum absolute atomic E-state index is 12.3. The molecule has 0 saturated carbocycles. The molecule has 10 heteroatoms. The number of rotatable bonds is 3. The Morgan fingerprint density at radius 1 is 1.32 bits per heavy atom. The lowest BCUT2D eigenvalue weighted by Crippen LogP contribution is -2.60. The number of thiazole rings is 1. The molecule has 0 spiro atoms. The average molecular weight is 358 g/mol. The van der Waals surface area contributed by atoms with Crippen molar-refractivity contribution in [2.75, 3.05) is 30.4 Å². The van der Waals surface area contributed by atoms with Crippen LogP contribution in [-0.2, 0) is 0 Å². The number of fused-ring (bicyclic) bond motifs is 1. The number of carbonyl (C=O) groups is 1. The Morgan fingerprint density at radius 2 is 2.12 bits per heavy atom. The standard InChI is InChI=1S/C15H18N8OS/c1-9-6-16-14(25-9)17-15(24)21(3)11-7-22(8-11)13-5-4-12-19-18-10(2)23(12)20-13/h4-6,11H,7-8H2,1-3H3,(H,16,17,24). The number of nitrogens with one attached hydrogen (secondary N) is 1. The molecule has 1 aliphatic rings. The highest BCUT2D eigenvalue weighted by Gasteiger charge is 2.33. The lowest BCUT2D eigenvalue weighted by atomic mass is 10.1. The smallest absolute Gasteiger partial charge is 0.323 e. The van der Waals surface area contributed by atoms with Crippen molar-refractivity contribution in [2.24, 2.45) is 0 Å². The molecular weight excluding hydrogens is 340 g/mol. The summed E-state index contributed by atoms with van der Waals surface area (Å²) in [5.41, 5.74) is 0.730. The fraction of sp³-hybridized carbons (Fsp3) is 0.400. The highest BCUT2D eigenvalue weighted by molar-refractivity contribution is 7.15. The Bertz CT molecular complexity index is 929. The van der Waals surface area contributed by atoms with E-state index in [1.165, 1.54) is 11.3 Å². The second-order valence-corrected chi connectivity index (χ2v) is 7.32. The van der Waals surface area contributed by atoms with Gasteiger partial charge in [-0.1, -0.05) is 0 Å².